The van der Waals surface area contributed by atoms with Gasteiger partial charge in [-0.3, -0.25) is 4.79 Å². The molecule has 0 radical (unpaired) electrons. The summed E-state index contributed by atoms with van der Waals surface area (Å²) in [7, 11) is 0. The number of aromatic nitrogens is 2. The van der Waals surface area contributed by atoms with Crippen LogP contribution in [0.15, 0.2) is 23.6 Å². The summed E-state index contributed by atoms with van der Waals surface area (Å²) in [5.74, 6) is 0. The molecule has 1 aromatic rings. The molecular weight excluding hydrogens is 280 g/mol. The van der Waals surface area contributed by atoms with Crippen molar-refractivity contribution in [2.45, 2.75) is 13.0 Å². The largest absolute Gasteiger partial charge is 0.380 e. The summed E-state index contributed by atoms with van der Waals surface area (Å²) in [4.78, 5) is 11.7. The first-order valence-corrected chi connectivity index (χ1v) is 5.90. The van der Waals surface area contributed by atoms with Crippen molar-refractivity contribution in [2.24, 2.45) is 0 Å². The molecule has 0 aliphatic rings. The Balaban J connectivity index is 2.53. The van der Waals surface area contributed by atoms with E-state index in [1.807, 2.05) is 0 Å². The molecule has 0 aromatic carbocycles. The minimum Gasteiger partial charge on any atom is -0.380 e. The molecule has 0 saturated heterocycles. The first-order valence-electron chi connectivity index (χ1n) is 5.52. The van der Waals surface area contributed by atoms with Gasteiger partial charge in [-0.25, -0.2) is 13.5 Å². The molecule has 8 heteroatoms. The van der Waals surface area contributed by atoms with Crippen LogP contribution in [0.4, 0.5) is 14.5 Å². The highest BCUT2D eigenvalue weighted by molar-refractivity contribution is 6.32. The van der Waals surface area contributed by atoms with Crippen LogP contribution < -0.4 is 10.9 Å². The number of allylic oxidation sites excluding steroid dienone is 1. The number of anilines is 1. The molecule has 1 rings (SSSR count). The number of alkyl halides is 2. The number of rotatable bonds is 8. The van der Waals surface area contributed by atoms with Crippen molar-refractivity contribution < 1.29 is 13.5 Å². The lowest BCUT2D eigenvalue weighted by Gasteiger charge is -2.09. The smallest absolute Gasteiger partial charge is 0.287 e. The van der Waals surface area contributed by atoms with E-state index >= 15 is 0 Å². The van der Waals surface area contributed by atoms with Gasteiger partial charge in [0.2, 0.25) is 0 Å². The van der Waals surface area contributed by atoms with Crippen molar-refractivity contribution in [1.82, 2.24) is 9.78 Å². The molecule has 5 nitrogen and oxygen atoms in total. The predicted molar refractivity (Wildman–Crippen MR) is 69.0 cm³/mol. The fraction of sp³-hybridized carbons (Fsp3) is 0.455. The number of nitrogens with zero attached hydrogens (tertiary/aromatic N) is 2. The third-order valence-electron chi connectivity index (χ3n) is 2.09. The minimum atomic E-state index is -2.49. The Kier molecular flexibility index (Phi) is 6.44. The Morgan fingerprint density at radius 1 is 1.63 bits per heavy atom. The standard InChI is InChI=1S/C11H14ClF2N3O2/c1-2-4-17-11(18)10(12)8(6-16-17)15-3-5-19-7-9(13)14/h2,6,9,15H,1,3-5,7H2. The van der Waals surface area contributed by atoms with Crippen molar-refractivity contribution in [3.8, 4) is 0 Å². The molecule has 0 aliphatic carbocycles. The van der Waals surface area contributed by atoms with Gasteiger partial charge in [-0.1, -0.05) is 17.7 Å². The summed E-state index contributed by atoms with van der Waals surface area (Å²) in [6.07, 6.45) is 0.421. The highest BCUT2D eigenvalue weighted by Crippen LogP contribution is 2.14. The average Bonchev–Trinajstić information content (AvgIpc) is 2.37. The molecule has 0 fully saturated rings. The van der Waals surface area contributed by atoms with Gasteiger partial charge in [0.15, 0.2) is 0 Å². The van der Waals surface area contributed by atoms with Crippen molar-refractivity contribution in [3.05, 3.63) is 34.2 Å². The molecule has 1 heterocycles. The quantitative estimate of drug-likeness (QED) is 0.586. The monoisotopic (exact) mass is 293 g/mol. The Bertz CT molecular complexity index is 479. The maximum absolute atomic E-state index is 11.8. The van der Waals surface area contributed by atoms with E-state index in [2.05, 4.69) is 21.7 Å². The summed E-state index contributed by atoms with van der Waals surface area (Å²) >= 11 is 5.87. The Morgan fingerprint density at radius 2 is 2.37 bits per heavy atom. The SMILES string of the molecule is C=CCn1ncc(NCCOCC(F)F)c(Cl)c1=O. The van der Waals surface area contributed by atoms with Crippen LogP contribution in [0.3, 0.4) is 0 Å². The second-order valence-corrected chi connectivity index (χ2v) is 3.92. The number of hydrogen-bond donors (Lipinski definition) is 1. The number of hydrogen-bond acceptors (Lipinski definition) is 4. The van der Waals surface area contributed by atoms with E-state index in [4.69, 9.17) is 11.6 Å². The first kappa shape index (κ1) is 15.6. The van der Waals surface area contributed by atoms with Crippen LogP contribution >= 0.6 is 11.6 Å². The van der Waals surface area contributed by atoms with Crippen LogP contribution in [-0.4, -0.2) is 36.0 Å². The molecule has 19 heavy (non-hydrogen) atoms. The lowest BCUT2D eigenvalue weighted by atomic mass is 10.4. The van der Waals surface area contributed by atoms with Crippen molar-refractivity contribution in [3.63, 3.8) is 0 Å². The van der Waals surface area contributed by atoms with Gasteiger partial charge in [0, 0.05) is 6.54 Å². The van der Waals surface area contributed by atoms with Crippen LogP contribution in [0.1, 0.15) is 0 Å². The lowest BCUT2D eigenvalue weighted by Crippen LogP contribution is -2.24. The van der Waals surface area contributed by atoms with Crippen molar-refractivity contribution >= 4 is 17.3 Å². The Morgan fingerprint density at radius 3 is 3.00 bits per heavy atom. The minimum absolute atomic E-state index is 0.00860. The highest BCUT2D eigenvalue weighted by Gasteiger charge is 2.08. The molecule has 0 spiro atoms. The fourth-order valence-electron chi connectivity index (χ4n) is 1.27. The van der Waals surface area contributed by atoms with Crippen LogP contribution in [0.2, 0.25) is 5.02 Å². The molecule has 1 N–H and O–H groups in total. The lowest BCUT2D eigenvalue weighted by molar-refractivity contribution is 0.0215. The third-order valence-corrected chi connectivity index (χ3v) is 2.46. The van der Waals surface area contributed by atoms with Crippen LogP contribution in [0.25, 0.3) is 0 Å². The number of ether oxygens (including phenoxy) is 1. The zero-order valence-corrected chi connectivity index (χ0v) is 10.9. The van der Waals surface area contributed by atoms with Gasteiger partial charge in [-0.15, -0.1) is 6.58 Å². The van der Waals surface area contributed by atoms with E-state index in [-0.39, 0.29) is 24.7 Å². The summed E-state index contributed by atoms with van der Waals surface area (Å²) in [5, 5.41) is 6.67. The van der Waals surface area contributed by atoms with Crippen molar-refractivity contribution in [2.75, 3.05) is 25.1 Å². The molecule has 0 bridgehead atoms. The Labute approximate surface area is 113 Å². The van der Waals surface area contributed by atoms with Crippen molar-refractivity contribution in [1.29, 1.82) is 0 Å². The number of nitrogens with one attached hydrogen (secondary N) is 1. The predicted octanol–water partition coefficient (Wildman–Crippen LogP) is 1.78. The molecule has 106 valence electrons. The third kappa shape index (κ3) is 4.96. The summed E-state index contributed by atoms with van der Waals surface area (Å²) in [6, 6.07) is 0. The maximum atomic E-state index is 11.8. The topological polar surface area (TPSA) is 56.1 Å². The second kappa shape index (κ2) is 7.85. The molecular formula is C11H14ClF2N3O2. The van der Waals surface area contributed by atoms with Crippen LogP contribution in [0, 0.1) is 0 Å². The van der Waals surface area contributed by atoms with E-state index in [0.29, 0.717) is 5.69 Å². The van der Waals surface area contributed by atoms with Gasteiger partial charge in [-0.2, -0.15) is 5.10 Å². The summed E-state index contributed by atoms with van der Waals surface area (Å²) in [6.45, 7) is 3.47. The zero-order chi connectivity index (χ0) is 14.3. The van der Waals surface area contributed by atoms with E-state index in [0.717, 1.165) is 4.68 Å². The molecule has 0 saturated carbocycles. The molecule has 0 unspecified atom stereocenters. The highest BCUT2D eigenvalue weighted by atomic mass is 35.5. The fourth-order valence-corrected chi connectivity index (χ4v) is 1.48. The molecule has 0 amide bonds. The summed E-state index contributed by atoms with van der Waals surface area (Å²) in [5.41, 5.74) is -0.104. The molecule has 0 aliphatic heterocycles. The normalized spacial score (nSPS) is 10.7. The first-order chi connectivity index (χ1) is 9.06. The van der Waals surface area contributed by atoms with Gasteiger partial charge in [0.25, 0.3) is 12.0 Å². The van der Waals surface area contributed by atoms with E-state index in [1.54, 1.807) is 0 Å². The van der Waals surface area contributed by atoms with Crippen LogP contribution in [-0.2, 0) is 11.3 Å². The molecule has 1 aromatic heterocycles. The average molecular weight is 294 g/mol. The van der Waals surface area contributed by atoms with E-state index < -0.39 is 18.6 Å². The van der Waals surface area contributed by atoms with Gasteiger partial charge in [0.1, 0.15) is 11.6 Å². The van der Waals surface area contributed by atoms with Gasteiger partial charge in [0.05, 0.1) is 25.0 Å². The Hall–Kier alpha value is -1.47. The van der Waals surface area contributed by atoms with E-state index in [1.165, 1.54) is 12.3 Å². The van der Waals surface area contributed by atoms with Crippen LogP contribution in [0.5, 0.6) is 0 Å². The van der Waals surface area contributed by atoms with Gasteiger partial charge in [-0.05, 0) is 0 Å². The zero-order valence-electron chi connectivity index (χ0n) is 10.1. The second-order valence-electron chi connectivity index (χ2n) is 3.54. The van der Waals surface area contributed by atoms with Gasteiger partial charge < -0.3 is 10.1 Å². The van der Waals surface area contributed by atoms with E-state index in [9.17, 15) is 13.6 Å². The number of halogens is 3. The molecule has 0 atom stereocenters. The summed E-state index contributed by atoms with van der Waals surface area (Å²) < 4.78 is 29.4. The maximum Gasteiger partial charge on any atom is 0.287 e. The van der Waals surface area contributed by atoms with Gasteiger partial charge >= 0.3 is 0 Å².